The molecule has 0 unspecified atom stereocenters. The molecule has 0 N–H and O–H groups in total. The molecular formula is C40H80CaO3Zn. The average Bonchev–Trinajstić information content (AvgIpc) is 3.00. The van der Waals surface area contributed by atoms with Crippen molar-refractivity contribution < 1.29 is 33.8 Å². The molecule has 0 atom stereocenters. The molecule has 0 aromatic heterocycles. The van der Waals surface area contributed by atoms with E-state index < -0.39 is 0 Å². The number of unbranched alkanes of at least 4 members (excludes halogenated alkanes) is 32. The smallest absolute Gasteiger partial charge is 0 e. The third kappa shape index (κ3) is 45.0. The first-order valence-corrected chi connectivity index (χ1v) is 19.9. The number of carbonyl (C=O) groups excluding carboxylic acids is 2. The molecule has 0 aliphatic rings. The maximum atomic E-state index is 12.0. The molecule has 0 saturated heterocycles. The van der Waals surface area contributed by atoms with Crippen molar-refractivity contribution in [3.8, 4) is 0 Å². The summed E-state index contributed by atoms with van der Waals surface area (Å²) in [6.45, 7) is 4.57. The van der Waals surface area contributed by atoms with Gasteiger partial charge in [0.1, 0.15) is 0 Å². The van der Waals surface area contributed by atoms with Crippen LogP contribution in [0.25, 0.3) is 0 Å². The van der Waals surface area contributed by atoms with Crippen molar-refractivity contribution >= 4 is 49.7 Å². The zero-order valence-corrected chi connectivity index (χ0v) is 33.4. The molecule has 0 bridgehead atoms. The Morgan fingerprint density at radius 1 is 0.311 bits per heavy atom. The SMILES string of the molecule is CCCCCCCCCCCCCCCCCCCCCC(=O)OC(=O)CCCCCCCCCCCCCCCCC.[CaH2].[Zn]. The second kappa shape index (κ2) is 45.0. The van der Waals surface area contributed by atoms with Crippen LogP contribution in [0, 0.1) is 0 Å². The van der Waals surface area contributed by atoms with Gasteiger partial charge in [-0.1, -0.05) is 219 Å². The molecule has 3 nitrogen and oxygen atoms in total. The van der Waals surface area contributed by atoms with Crippen LogP contribution < -0.4 is 0 Å². The van der Waals surface area contributed by atoms with Crippen molar-refractivity contribution in [2.75, 3.05) is 0 Å². The van der Waals surface area contributed by atoms with Crippen molar-refractivity contribution in [3.63, 3.8) is 0 Å². The van der Waals surface area contributed by atoms with Gasteiger partial charge in [-0.25, -0.2) is 0 Å². The largest absolute Gasteiger partial charge is 0 e. The summed E-state index contributed by atoms with van der Waals surface area (Å²) in [5.41, 5.74) is 0. The van der Waals surface area contributed by atoms with E-state index in [1.807, 2.05) is 0 Å². The van der Waals surface area contributed by atoms with Gasteiger partial charge in [0, 0.05) is 32.3 Å². The molecular weight excluding hydrogens is 634 g/mol. The number of ether oxygens (including phenoxy) is 1. The van der Waals surface area contributed by atoms with E-state index in [4.69, 9.17) is 4.74 Å². The molecule has 0 fully saturated rings. The van der Waals surface area contributed by atoms with Gasteiger partial charge in [-0.2, -0.15) is 0 Å². The Kier molecular flexibility index (Phi) is 50.4. The molecule has 0 rings (SSSR count). The van der Waals surface area contributed by atoms with Crippen molar-refractivity contribution in [3.05, 3.63) is 0 Å². The summed E-state index contributed by atoms with van der Waals surface area (Å²) in [5, 5.41) is 0. The van der Waals surface area contributed by atoms with Gasteiger partial charge < -0.3 is 4.74 Å². The summed E-state index contributed by atoms with van der Waals surface area (Å²) in [5.74, 6) is -0.643. The van der Waals surface area contributed by atoms with Gasteiger partial charge in [0.25, 0.3) is 0 Å². The molecule has 0 radical (unpaired) electrons. The van der Waals surface area contributed by atoms with Gasteiger partial charge in [0.05, 0.1) is 0 Å². The summed E-state index contributed by atoms with van der Waals surface area (Å²) in [7, 11) is 0. The molecule has 45 heavy (non-hydrogen) atoms. The zero-order valence-electron chi connectivity index (χ0n) is 30.4. The fourth-order valence-electron chi connectivity index (χ4n) is 6.22. The van der Waals surface area contributed by atoms with Crippen LogP contribution in [0.4, 0.5) is 0 Å². The van der Waals surface area contributed by atoms with E-state index in [9.17, 15) is 9.59 Å². The van der Waals surface area contributed by atoms with Crippen LogP contribution in [-0.4, -0.2) is 49.7 Å². The molecule has 5 heteroatoms. The summed E-state index contributed by atoms with van der Waals surface area (Å²) in [4.78, 5) is 23.9. The van der Waals surface area contributed by atoms with Gasteiger partial charge in [0.15, 0.2) is 0 Å². The molecule has 0 amide bonds. The van der Waals surface area contributed by atoms with E-state index in [0.29, 0.717) is 12.8 Å². The molecule has 262 valence electrons. The second-order valence-electron chi connectivity index (χ2n) is 13.7. The first-order valence-electron chi connectivity index (χ1n) is 19.9. The van der Waals surface area contributed by atoms with E-state index in [1.165, 1.54) is 193 Å². The summed E-state index contributed by atoms with van der Waals surface area (Å²) >= 11 is 0. The van der Waals surface area contributed by atoms with Crippen LogP contribution in [0.1, 0.15) is 245 Å². The quantitative estimate of drug-likeness (QED) is 0.0281. The van der Waals surface area contributed by atoms with Gasteiger partial charge in [-0.15, -0.1) is 0 Å². The number of hydrogen-bond acceptors (Lipinski definition) is 3. The van der Waals surface area contributed by atoms with Crippen LogP contribution in [0.15, 0.2) is 0 Å². The van der Waals surface area contributed by atoms with Gasteiger partial charge in [-0.05, 0) is 12.8 Å². The van der Waals surface area contributed by atoms with Crippen LogP contribution in [0.5, 0.6) is 0 Å². The van der Waals surface area contributed by atoms with Gasteiger partial charge >= 0.3 is 49.7 Å². The van der Waals surface area contributed by atoms with Crippen molar-refractivity contribution in [2.45, 2.75) is 245 Å². The summed E-state index contributed by atoms with van der Waals surface area (Å²) in [6.07, 6.45) is 46.0. The maximum absolute atomic E-state index is 12.0. The standard InChI is InChI=1S/C40H78O3.Ca.Zn.2H/c1-3-5-7-9-11-13-15-17-19-20-21-22-24-26-28-30-32-34-36-38-40(42)43-39(41)37-35-33-31-29-27-25-23-18-16-14-12-10-8-6-4-2;;;;/h3-38H2,1-2H3;;;;. The first-order chi connectivity index (χ1) is 21.2. The van der Waals surface area contributed by atoms with E-state index in [1.54, 1.807) is 0 Å². The summed E-state index contributed by atoms with van der Waals surface area (Å²) in [6, 6.07) is 0. The zero-order chi connectivity index (χ0) is 31.3. The molecule has 0 spiro atoms. The fraction of sp³-hybridized carbons (Fsp3) is 0.950. The third-order valence-electron chi connectivity index (χ3n) is 9.20. The normalized spacial score (nSPS) is 10.8. The Hall–Kier alpha value is 1.02. The Morgan fingerprint density at radius 2 is 0.467 bits per heavy atom. The Morgan fingerprint density at radius 3 is 0.644 bits per heavy atom. The van der Waals surface area contributed by atoms with Crippen LogP contribution in [0.3, 0.4) is 0 Å². The minimum atomic E-state index is -0.322. The number of esters is 2. The first kappa shape index (κ1) is 50.4. The predicted molar refractivity (Wildman–Crippen MR) is 197 cm³/mol. The Bertz CT molecular complexity index is 572. The second-order valence-corrected chi connectivity index (χ2v) is 13.7. The molecule has 0 heterocycles. The molecule has 0 aromatic rings. The minimum Gasteiger partial charge on any atom is 0 e. The molecule has 0 aliphatic carbocycles. The average molecular weight is 715 g/mol. The molecule has 0 aromatic carbocycles. The van der Waals surface area contributed by atoms with Crippen LogP contribution in [-0.2, 0) is 33.8 Å². The van der Waals surface area contributed by atoms with Crippen LogP contribution in [0.2, 0.25) is 0 Å². The van der Waals surface area contributed by atoms with E-state index in [-0.39, 0.29) is 69.2 Å². The molecule has 0 aliphatic heterocycles. The van der Waals surface area contributed by atoms with Crippen molar-refractivity contribution in [1.29, 1.82) is 0 Å². The van der Waals surface area contributed by atoms with E-state index >= 15 is 0 Å². The monoisotopic (exact) mass is 713 g/mol. The van der Waals surface area contributed by atoms with Crippen molar-refractivity contribution in [1.82, 2.24) is 0 Å². The number of carbonyl (C=O) groups is 2. The third-order valence-corrected chi connectivity index (χ3v) is 9.20. The van der Waals surface area contributed by atoms with Crippen LogP contribution >= 0.6 is 0 Å². The van der Waals surface area contributed by atoms with Gasteiger partial charge in [-0.3, -0.25) is 9.59 Å². The Balaban J connectivity index is -0.00000882. The molecule has 0 saturated carbocycles. The summed E-state index contributed by atoms with van der Waals surface area (Å²) < 4.78 is 5.03. The number of hydrogen-bond donors (Lipinski definition) is 0. The van der Waals surface area contributed by atoms with Crippen molar-refractivity contribution in [2.24, 2.45) is 0 Å². The van der Waals surface area contributed by atoms with E-state index in [2.05, 4.69) is 13.8 Å². The van der Waals surface area contributed by atoms with E-state index in [0.717, 1.165) is 25.7 Å². The minimum absolute atomic E-state index is 0. The fourth-order valence-corrected chi connectivity index (χ4v) is 6.22. The number of rotatable bonds is 36. The van der Waals surface area contributed by atoms with Gasteiger partial charge in [0.2, 0.25) is 0 Å². The Labute approximate surface area is 325 Å². The predicted octanol–water partition coefficient (Wildman–Crippen LogP) is 13.2. The maximum Gasteiger partial charge on any atom is 0 e. The topological polar surface area (TPSA) is 43.4 Å².